The summed E-state index contributed by atoms with van der Waals surface area (Å²) in [6, 6.07) is 3.90. The smallest absolute Gasteiger partial charge is 0.199 e. The molecule has 0 spiro atoms. The van der Waals surface area contributed by atoms with E-state index in [1.165, 1.54) is 6.42 Å². The topological polar surface area (TPSA) is 51.0 Å². The van der Waals surface area contributed by atoms with Gasteiger partial charge < -0.3 is 9.73 Å². The highest BCUT2D eigenvalue weighted by atomic mass is 16.3. The predicted octanol–water partition coefficient (Wildman–Crippen LogP) is 1.68. The van der Waals surface area contributed by atoms with E-state index >= 15 is 0 Å². The lowest BCUT2D eigenvalue weighted by Gasteiger charge is -2.02. The summed E-state index contributed by atoms with van der Waals surface area (Å²) in [6.45, 7) is 4.15. The molecule has 1 atom stereocenters. The molecule has 84 valence electrons. The van der Waals surface area contributed by atoms with Gasteiger partial charge in [-0.3, -0.25) is 0 Å². The maximum Gasteiger partial charge on any atom is 0.199 e. The number of nitrogens with one attached hydrogen (secondary N) is 1. The van der Waals surface area contributed by atoms with E-state index in [1.54, 1.807) is 0 Å². The number of fused-ring (bicyclic) bond motifs is 1. The van der Waals surface area contributed by atoms with E-state index in [0.717, 1.165) is 42.3 Å². The zero-order chi connectivity index (χ0) is 11.0. The summed E-state index contributed by atoms with van der Waals surface area (Å²) >= 11 is 0. The van der Waals surface area contributed by atoms with Crippen LogP contribution >= 0.6 is 0 Å². The van der Waals surface area contributed by atoms with E-state index in [-0.39, 0.29) is 0 Å². The van der Waals surface area contributed by atoms with Crippen LogP contribution in [-0.4, -0.2) is 23.1 Å². The fourth-order valence-electron chi connectivity index (χ4n) is 2.18. The van der Waals surface area contributed by atoms with Gasteiger partial charge in [-0.05, 0) is 44.5 Å². The van der Waals surface area contributed by atoms with Gasteiger partial charge in [-0.25, -0.2) is 4.98 Å². The van der Waals surface area contributed by atoms with E-state index in [0.29, 0.717) is 5.92 Å². The predicted molar refractivity (Wildman–Crippen MR) is 61.2 cm³/mol. The highest BCUT2D eigenvalue weighted by Crippen LogP contribution is 2.19. The monoisotopic (exact) mass is 217 g/mol. The Hall–Kier alpha value is -1.42. The molecule has 1 unspecified atom stereocenters. The van der Waals surface area contributed by atoms with Gasteiger partial charge in [0.15, 0.2) is 17.1 Å². The Morgan fingerprint density at radius 1 is 1.44 bits per heavy atom. The minimum Gasteiger partial charge on any atom is -0.439 e. The lowest BCUT2D eigenvalue weighted by Crippen LogP contribution is -2.10. The number of nitrogens with zero attached hydrogens (tertiary/aromatic N) is 2. The standard InChI is InChI=1S/C12H15N3O/c1-8-2-3-10-12(14-8)15-11(16-10)6-9-4-5-13-7-9/h2-3,9,13H,4-7H2,1H3. The van der Waals surface area contributed by atoms with Crippen LogP contribution in [0.3, 0.4) is 0 Å². The van der Waals surface area contributed by atoms with Crippen molar-refractivity contribution in [3.63, 3.8) is 0 Å². The number of hydrogen-bond donors (Lipinski definition) is 1. The van der Waals surface area contributed by atoms with Crippen LogP contribution in [0.25, 0.3) is 11.2 Å². The largest absolute Gasteiger partial charge is 0.439 e. The maximum absolute atomic E-state index is 5.68. The fourth-order valence-corrected chi connectivity index (χ4v) is 2.18. The van der Waals surface area contributed by atoms with Crippen molar-refractivity contribution in [2.45, 2.75) is 19.8 Å². The van der Waals surface area contributed by atoms with E-state index < -0.39 is 0 Å². The summed E-state index contributed by atoms with van der Waals surface area (Å²) in [6.07, 6.45) is 2.13. The van der Waals surface area contributed by atoms with Crippen molar-refractivity contribution < 1.29 is 4.42 Å². The third-order valence-corrected chi connectivity index (χ3v) is 3.06. The van der Waals surface area contributed by atoms with Crippen LogP contribution in [-0.2, 0) is 6.42 Å². The van der Waals surface area contributed by atoms with Crippen LogP contribution in [0.2, 0.25) is 0 Å². The molecule has 0 aromatic carbocycles. The van der Waals surface area contributed by atoms with E-state index in [2.05, 4.69) is 15.3 Å². The minimum absolute atomic E-state index is 0.661. The minimum atomic E-state index is 0.661. The Bertz CT molecular complexity index is 500. The lowest BCUT2D eigenvalue weighted by molar-refractivity contribution is 0.462. The Labute approximate surface area is 94.1 Å². The third kappa shape index (κ3) is 1.80. The van der Waals surface area contributed by atoms with E-state index in [1.807, 2.05) is 19.1 Å². The Morgan fingerprint density at radius 3 is 3.19 bits per heavy atom. The summed E-state index contributed by atoms with van der Waals surface area (Å²) < 4.78 is 5.68. The molecular formula is C12H15N3O. The van der Waals surface area contributed by atoms with Gasteiger partial charge in [-0.2, -0.15) is 4.98 Å². The molecule has 0 saturated carbocycles. The van der Waals surface area contributed by atoms with Gasteiger partial charge in [0.25, 0.3) is 0 Å². The molecule has 0 aliphatic carbocycles. The average Bonchev–Trinajstić information content (AvgIpc) is 2.86. The maximum atomic E-state index is 5.68. The molecule has 0 amide bonds. The molecule has 1 aliphatic rings. The van der Waals surface area contributed by atoms with Crippen molar-refractivity contribution in [3.05, 3.63) is 23.7 Å². The first kappa shape index (κ1) is 9.78. The zero-order valence-corrected chi connectivity index (χ0v) is 9.36. The quantitative estimate of drug-likeness (QED) is 0.831. The SMILES string of the molecule is Cc1ccc2oc(CC3CCNC3)nc2n1. The first-order chi connectivity index (χ1) is 7.81. The third-order valence-electron chi connectivity index (χ3n) is 3.06. The Balaban J connectivity index is 1.86. The van der Waals surface area contributed by atoms with Crippen molar-refractivity contribution in [1.82, 2.24) is 15.3 Å². The summed E-state index contributed by atoms with van der Waals surface area (Å²) in [5.41, 5.74) is 2.52. The van der Waals surface area contributed by atoms with E-state index in [9.17, 15) is 0 Å². The molecule has 0 radical (unpaired) electrons. The van der Waals surface area contributed by atoms with Crippen molar-refractivity contribution in [2.24, 2.45) is 5.92 Å². The molecule has 3 heterocycles. The highest BCUT2D eigenvalue weighted by Gasteiger charge is 2.18. The molecule has 1 N–H and O–H groups in total. The first-order valence-corrected chi connectivity index (χ1v) is 5.75. The second-order valence-electron chi connectivity index (χ2n) is 4.44. The molecule has 1 saturated heterocycles. The molecule has 4 nitrogen and oxygen atoms in total. The van der Waals surface area contributed by atoms with Gasteiger partial charge in [0.1, 0.15) is 0 Å². The van der Waals surface area contributed by atoms with Gasteiger partial charge in [0, 0.05) is 12.1 Å². The van der Waals surface area contributed by atoms with Crippen LogP contribution < -0.4 is 5.32 Å². The molecule has 3 rings (SSSR count). The molecule has 4 heteroatoms. The van der Waals surface area contributed by atoms with Gasteiger partial charge in [-0.15, -0.1) is 0 Å². The summed E-state index contributed by atoms with van der Waals surface area (Å²) in [7, 11) is 0. The van der Waals surface area contributed by atoms with E-state index in [4.69, 9.17) is 4.42 Å². The molecule has 1 fully saturated rings. The number of rotatable bonds is 2. The molecular weight excluding hydrogens is 202 g/mol. The number of oxazole rings is 1. The second kappa shape index (κ2) is 3.87. The Morgan fingerprint density at radius 2 is 2.38 bits per heavy atom. The summed E-state index contributed by atoms with van der Waals surface area (Å²) in [5, 5.41) is 3.35. The van der Waals surface area contributed by atoms with Crippen molar-refractivity contribution in [1.29, 1.82) is 0 Å². The summed E-state index contributed by atoms with van der Waals surface area (Å²) in [5.74, 6) is 1.48. The van der Waals surface area contributed by atoms with Crippen LogP contribution in [0.5, 0.6) is 0 Å². The molecule has 1 aliphatic heterocycles. The number of pyridine rings is 1. The van der Waals surface area contributed by atoms with Crippen molar-refractivity contribution in [3.8, 4) is 0 Å². The normalized spacial score (nSPS) is 20.7. The summed E-state index contributed by atoms with van der Waals surface area (Å²) in [4.78, 5) is 8.78. The van der Waals surface area contributed by atoms with Crippen LogP contribution in [0.4, 0.5) is 0 Å². The van der Waals surface area contributed by atoms with Gasteiger partial charge in [0.05, 0.1) is 0 Å². The van der Waals surface area contributed by atoms with Crippen molar-refractivity contribution >= 4 is 11.2 Å². The second-order valence-corrected chi connectivity index (χ2v) is 4.44. The lowest BCUT2D eigenvalue weighted by atomic mass is 10.1. The van der Waals surface area contributed by atoms with Crippen molar-refractivity contribution in [2.75, 3.05) is 13.1 Å². The van der Waals surface area contributed by atoms with Gasteiger partial charge >= 0.3 is 0 Å². The zero-order valence-electron chi connectivity index (χ0n) is 9.36. The molecule has 16 heavy (non-hydrogen) atoms. The van der Waals surface area contributed by atoms with Gasteiger partial charge in [-0.1, -0.05) is 0 Å². The molecule has 2 aromatic heterocycles. The number of aryl methyl sites for hydroxylation is 1. The average molecular weight is 217 g/mol. The number of hydrogen-bond acceptors (Lipinski definition) is 4. The molecule has 2 aromatic rings. The van der Waals surface area contributed by atoms with Crippen LogP contribution in [0, 0.1) is 12.8 Å². The first-order valence-electron chi connectivity index (χ1n) is 5.75. The number of aromatic nitrogens is 2. The highest BCUT2D eigenvalue weighted by molar-refractivity contribution is 5.67. The van der Waals surface area contributed by atoms with Gasteiger partial charge in [0.2, 0.25) is 0 Å². The molecule has 0 bridgehead atoms. The van der Waals surface area contributed by atoms with Crippen LogP contribution in [0.15, 0.2) is 16.5 Å². The van der Waals surface area contributed by atoms with Crippen LogP contribution in [0.1, 0.15) is 18.0 Å². The Kier molecular flexibility index (Phi) is 2.36. The fraction of sp³-hybridized carbons (Fsp3) is 0.500.